The summed E-state index contributed by atoms with van der Waals surface area (Å²) >= 11 is 0. The lowest BCUT2D eigenvalue weighted by atomic mass is 9.77. The minimum absolute atomic E-state index is 0.00390. The van der Waals surface area contributed by atoms with Gasteiger partial charge >= 0.3 is 13.5 Å². The summed E-state index contributed by atoms with van der Waals surface area (Å²) in [6.45, 7) is 6.92. The molecule has 0 aliphatic carbocycles. The molecule has 1 aliphatic rings. The molecule has 1 fully saturated rings. The number of aliphatic hydroxyl groups is 1. The van der Waals surface area contributed by atoms with Crippen LogP contribution in [0.2, 0.25) is 0 Å². The summed E-state index contributed by atoms with van der Waals surface area (Å²) in [5.74, 6) is -0.528. The average Bonchev–Trinajstić information content (AvgIpc) is 2.70. The van der Waals surface area contributed by atoms with Crippen molar-refractivity contribution in [1.82, 2.24) is 0 Å². The number of aldehydes is 1. The highest BCUT2D eigenvalue weighted by Gasteiger charge is 2.52. The second-order valence-electron chi connectivity index (χ2n) is 6.97. The van der Waals surface area contributed by atoms with E-state index < -0.39 is 37.0 Å². The summed E-state index contributed by atoms with van der Waals surface area (Å²) in [5.41, 5.74) is -0.719. The van der Waals surface area contributed by atoms with E-state index in [0.717, 1.165) is 12.1 Å². The Morgan fingerprint density at radius 1 is 1.15 bits per heavy atom. The Kier molecular flexibility index (Phi) is 5.56. The number of halogens is 3. The molecule has 0 amide bonds. The first-order chi connectivity index (χ1) is 11.9. The standard InChI is InChI=1S/C17H20BF3O5/c1-15(2)16(3,4)26-18(25-15)13(10-23)6-11-5-12(9-22)8-14(7-11)24-17(19,20)21/h5-9,23H,10H2,1-4H3. The highest BCUT2D eigenvalue weighted by atomic mass is 19.4. The van der Waals surface area contributed by atoms with E-state index >= 15 is 0 Å². The summed E-state index contributed by atoms with van der Waals surface area (Å²) in [6.07, 6.45) is -3.06. The number of aliphatic hydroxyl groups excluding tert-OH is 1. The molecular weight excluding hydrogens is 352 g/mol. The van der Waals surface area contributed by atoms with Gasteiger partial charge in [-0.15, -0.1) is 13.2 Å². The molecular formula is C17H20BF3O5. The van der Waals surface area contributed by atoms with Crippen molar-refractivity contribution < 1.29 is 37.1 Å². The van der Waals surface area contributed by atoms with Gasteiger partial charge in [-0.05, 0) is 56.9 Å². The maximum absolute atomic E-state index is 12.4. The zero-order valence-electron chi connectivity index (χ0n) is 14.9. The first-order valence-electron chi connectivity index (χ1n) is 7.90. The van der Waals surface area contributed by atoms with Crippen LogP contribution in [0.15, 0.2) is 23.7 Å². The molecule has 0 spiro atoms. The Labute approximate surface area is 149 Å². The Morgan fingerprint density at radius 2 is 1.69 bits per heavy atom. The molecule has 1 aliphatic heterocycles. The average molecular weight is 372 g/mol. The van der Waals surface area contributed by atoms with Crippen LogP contribution in [0.1, 0.15) is 43.6 Å². The van der Waals surface area contributed by atoms with E-state index in [1.807, 2.05) is 27.7 Å². The lowest BCUT2D eigenvalue weighted by Gasteiger charge is -2.32. The SMILES string of the molecule is CC1(C)OB(C(=Cc2cc(C=O)cc(OC(F)(F)F)c2)CO)OC1(C)C. The van der Waals surface area contributed by atoms with E-state index in [0.29, 0.717) is 11.8 Å². The molecule has 0 saturated carbocycles. The molecule has 0 atom stereocenters. The fourth-order valence-electron chi connectivity index (χ4n) is 2.39. The van der Waals surface area contributed by atoms with Crippen molar-refractivity contribution in [2.24, 2.45) is 0 Å². The van der Waals surface area contributed by atoms with E-state index in [4.69, 9.17) is 9.31 Å². The van der Waals surface area contributed by atoms with Crippen molar-refractivity contribution >= 4 is 19.5 Å². The number of carbonyl (C=O) groups is 1. The third-order valence-corrected chi connectivity index (χ3v) is 4.41. The van der Waals surface area contributed by atoms with Crippen LogP contribution in [-0.2, 0) is 9.31 Å². The Morgan fingerprint density at radius 3 is 2.15 bits per heavy atom. The van der Waals surface area contributed by atoms with Crippen molar-refractivity contribution in [3.63, 3.8) is 0 Å². The molecule has 0 aromatic heterocycles. The van der Waals surface area contributed by atoms with Crippen LogP contribution < -0.4 is 4.74 Å². The summed E-state index contributed by atoms with van der Waals surface area (Å²) in [6, 6.07) is 3.46. The predicted octanol–water partition coefficient (Wildman–Crippen LogP) is 3.40. The summed E-state index contributed by atoms with van der Waals surface area (Å²) in [5, 5.41) is 9.66. The maximum atomic E-state index is 12.4. The van der Waals surface area contributed by atoms with Gasteiger partial charge in [0.05, 0.1) is 17.8 Å². The maximum Gasteiger partial charge on any atom is 0.573 e. The van der Waals surface area contributed by atoms with E-state index in [1.54, 1.807) is 0 Å². The summed E-state index contributed by atoms with van der Waals surface area (Å²) < 4.78 is 52.9. The quantitative estimate of drug-likeness (QED) is 0.634. The number of carbonyl (C=O) groups excluding carboxylic acids is 1. The molecule has 0 bridgehead atoms. The summed E-state index contributed by atoms with van der Waals surface area (Å²) in [4.78, 5) is 11.0. The number of hydrogen-bond donors (Lipinski definition) is 1. The molecule has 1 N–H and O–H groups in total. The van der Waals surface area contributed by atoms with Crippen molar-refractivity contribution in [3.8, 4) is 5.75 Å². The van der Waals surface area contributed by atoms with Gasteiger partial charge in [0.25, 0.3) is 0 Å². The molecule has 9 heteroatoms. The van der Waals surface area contributed by atoms with Gasteiger partial charge in [0, 0.05) is 5.56 Å². The number of benzene rings is 1. The highest BCUT2D eigenvalue weighted by molar-refractivity contribution is 6.55. The second kappa shape index (κ2) is 7.05. The largest absolute Gasteiger partial charge is 0.573 e. The fraction of sp³-hybridized carbons (Fsp3) is 0.471. The van der Waals surface area contributed by atoms with Gasteiger partial charge in [0.2, 0.25) is 0 Å². The van der Waals surface area contributed by atoms with Crippen molar-refractivity contribution in [2.75, 3.05) is 6.61 Å². The first kappa shape index (κ1) is 20.5. The van der Waals surface area contributed by atoms with Crippen LogP contribution in [0.4, 0.5) is 13.2 Å². The van der Waals surface area contributed by atoms with Crippen LogP contribution in [0, 0.1) is 0 Å². The molecule has 5 nitrogen and oxygen atoms in total. The van der Waals surface area contributed by atoms with E-state index in [9.17, 15) is 23.1 Å². The van der Waals surface area contributed by atoms with Gasteiger partial charge in [-0.2, -0.15) is 0 Å². The molecule has 1 aromatic rings. The van der Waals surface area contributed by atoms with Crippen LogP contribution in [-0.4, -0.2) is 42.7 Å². The molecule has 142 valence electrons. The molecule has 0 unspecified atom stereocenters. The lowest BCUT2D eigenvalue weighted by molar-refractivity contribution is -0.274. The van der Waals surface area contributed by atoms with E-state index in [2.05, 4.69) is 4.74 Å². The van der Waals surface area contributed by atoms with Crippen LogP contribution >= 0.6 is 0 Å². The van der Waals surface area contributed by atoms with Crippen LogP contribution in [0.3, 0.4) is 0 Å². The third-order valence-electron chi connectivity index (χ3n) is 4.41. The van der Waals surface area contributed by atoms with E-state index in [-0.39, 0.29) is 11.1 Å². The number of rotatable bonds is 5. The minimum atomic E-state index is -4.88. The van der Waals surface area contributed by atoms with Crippen molar-refractivity contribution in [2.45, 2.75) is 45.3 Å². The Hall–Kier alpha value is -1.84. The summed E-state index contributed by atoms with van der Waals surface area (Å²) in [7, 11) is -0.864. The molecule has 26 heavy (non-hydrogen) atoms. The minimum Gasteiger partial charge on any atom is -0.406 e. The van der Waals surface area contributed by atoms with Gasteiger partial charge < -0.3 is 19.2 Å². The number of hydrogen-bond acceptors (Lipinski definition) is 5. The van der Waals surface area contributed by atoms with Gasteiger partial charge in [0.1, 0.15) is 12.0 Å². The molecule has 1 heterocycles. The zero-order valence-corrected chi connectivity index (χ0v) is 14.9. The highest BCUT2D eigenvalue weighted by Crippen LogP contribution is 2.39. The zero-order chi connectivity index (χ0) is 19.8. The second-order valence-corrected chi connectivity index (χ2v) is 6.97. The normalized spacial score (nSPS) is 19.5. The topological polar surface area (TPSA) is 65.0 Å². The predicted molar refractivity (Wildman–Crippen MR) is 89.7 cm³/mol. The van der Waals surface area contributed by atoms with Crippen LogP contribution in [0.25, 0.3) is 6.08 Å². The van der Waals surface area contributed by atoms with Crippen molar-refractivity contribution in [1.29, 1.82) is 0 Å². The van der Waals surface area contributed by atoms with Gasteiger partial charge in [-0.25, -0.2) is 0 Å². The number of alkyl halides is 3. The fourth-order valence-corrected chi connectivity index (χ4v) is 2.39. The number of ether oxygens (including phenoxy) is 1. The monoisotopic (exact) mass is 372 g/mol. The van der Waals surface area contributed by atoms with Gasteiger partial charge in [-0.3, -0.25) is 4.79 Å². The van der Waals surface area contributed by atoms with E-state index in [1.165, 1.54) is 12.1 Å². The van der Waals surface area contributed by atoms with Gasteiger partial charge in [-0.1, -0.05) is 6.08 Å². The Balaban J connectivity index is 2.37. The molecule has 1 saturated heterocycles. The molecule has 0 radical (unpaired) electrons. The lowest BCUT2D eigenvalue weighted by Crippen LogP contribution is -2.41. The first-order valence-corrected chi connectivity index (χ1v) is 7.90. The van der Waals surface area contributed by atoms with Crippen LogP contribution in [0.5, 0.6) is 5.75 Å². The Bertz CT molecular complexity index is 697. The van der Waals surface area contributed by atoms with Crippen molar-refractivity contribution in [3.05, 3.63) is 34.8 Å². The third kappa shape index (κ3) is 4.66. The molecule has 2 rings (SSSR count). The van der Waals surface area contributed by atoms with Gasteiger partial charge in [0.15, 0.2) is 0 Å². The smallest absolute Gasteiger partial charge is 0.406 e. The molecule has 1 aromatic carbocycles.